The van der Waals surface area contributed by atoms with Crippen LogP contribution in [0.15, 0.2) is 36.5 Å². The second-order valence-electron chi connectivity index (χ2n) is 8.75. The van der Waals surface area contributed by atoms with Crippen LogP contribution in [0.1, 0.15) is 44.1 Å². The number of aromatic nitrogens is 3. The molecular weight excluding hydrogens is 384 g/mol. The van der Waals surface area contributed by atoms with Crippen molar-refractivity contribution in [3.63, 3.8) is 0 Å². The van der Waals surface area contributed by atoms with Gasteiger partial charge in [0.2, 0.25) is 0 Å². The van der Waals surface area contributed by atoms with Gasteiger partial charge in [-0.25, -0.2) is 9.97 Å². The Labute approximate surface area is 181 Å². The van der Waals surface area contributed by atoms with E-state index < -0.39 is 0 Å². The standard InChI is InChI=1S/C25H26N6/c26-17-20-23(30-14-5-2-6-15-30)19-10-9-18(29-12-3-1-4-13-29)16-22(19)31-24(20)28-21-8-7-11-27-25(21)31/h7-11,16H,1-6,12-15H2. The first-order valence-electron chi connectivity index (χ1n) is 11.5. The van der Waals surface area contributed by atoms with Crippen LogP contribution < -0.4 is 9.80 Å². The summed E-state index contributed by atoms with van der Waals surface area (Å²) in [5, 5.41) is 11.4. The summed E-state index contributed by atoms with van der Waals surface area (Å²) in [5.41, 5.74) is 6.43. The first kappa shape index (κ1) is 18.4. The lowest BCUT2D eigenvalue weighted by atomic mass is 10.0. The van der Waals surface area contributed by atoms with E-state index in [1.807, 2.05) is 12.1 Å². The van der Waals surface area contributed by atoms with Crippen molar-refractivity contribution in [2.24, 2.45) is 0 Å². The van der Waals surface area contributed by atoms with Gasteiger partial charge in [-0.3, -0.25) is 4.40 Å². The maximum Gasteiger partial charge on any atom is 0.164 e. The lowest BCUT2D eigenvalue weighted by molar-refractivity contribution is 0.577. The maximum atomic E-state index is 10.2. The van der Waals surface area contributed by atoms with Crippen molar-refractivity contribution in [2.75, 3.05) is 36.0 Å². The van der Waals surface area contributed by atoms with Crippen LogP contribution in [0.5, 0.6) is 0 Å². The lowest BCUT2D eigenvalue weighted by Gasteiger charge is -2.32. The van der Waals surface area contributed by atoms with Gasteiger partial charge in [-0.1, -0.05) is 0 Å². The molecule has 2 saturated heterocycles. The molecular formula is C25H26N6. The Kier molecular flexibility index (Phi) is 4.41. The Morgan fingerprint density at radius 1 is 0.839 bits per heavy atom. The number of anilines is 2. The van der Waals surface area contributed by atoms with Crippen LogP contribution in [0.4, 0.5) is 11.4 Å². The van der Waals surface area contributed by atoms with Gasteiger partial charge in [0.15, 0.2) is 11.3 Å². The second kappa shape index (κ2) is 7.42. The molecule has 2 aliphatic rings. The Morgan fingerprint density at radius 2 is 1.58 bits per heavy atom. The molecule has 2 fully saturated rings. The third kappa shape index (κ3) is 2.91. The maximum absolute atomic E-state index is 10.2. The van der Waals surface area contributed by atoms with E-state index >= 15 is 0 Å². The molecule has 2 aliphatic heterocycles. The SMILES string of the molecule is N#Cc1c(N2CCCCC2)c2ccc(N3CCCCC3)cc2n2c1nc1cccnc12. The molecule has 0 spiro atoms. The number of piperidine rings is 2. The van der Waals surface area contributed by atoms with Crippen LogP contribution >= 0.6 is 0 Å². The van der Waals surface area contributed by atoms with Crippen molar-refractivity contribution in [1.82, 2.24) is 14.4 Å². The van der Waals surface area contributed by atoms with E-state index in [1.165, 1.54) is 44.2 Å². The monoisotopic (exact) mass is 410 g/mol. The van der Waals surface area contributed by atoms with E-state index in [2.05, 4.69) is 43.5 Å². The minimum atomic E-state index is 0.665. The molecule has 4 aromatic rings. The highest BCUT2D eigenvalue weighted by molar-refractivity contribution is 6.03. The Bertz CT molecular complexity index is 1320. The first-order chi connectivity index (χ1) is 15.3. The normalized spacial score (nSPS) is 17.5. The van der Waals surface area contributed by atoms with Crippen molar-refractivity contribution in [2.45, 2.75) is 38.5 Å². The largest absolute Gasteiger partial charge is 0.371 e. The van der Waals surface area contributed by atoms with Crippen LogP contribution in [0.25, 0.3) is 27.7 Å². The summed E-state index contributed by atoms with van der Waals surface area (Å²) >= 11 is 0. The van der Waals surface area contributed by atoms with E-state index in [0.717, 1.165) is 59.6 Å². The molecule has 0 amide bonds. The molecule has 5 heterocycles. The van der Waals surface area contributed by atoms with Crippen LogP contribution in [-0.2, 0) is 0 Å². The van der Waals surface area contributed by atoms with E-state index in [0.29, 0.717) is 5.56 Å². The topological polar surface area (TPSA) is 60.5 Å². The van der Waals surface area contributed by atoms with Crippen molar-refractivity contribution >= 4 is 39.1 Å². The summed E-state index contributed by atoms with van der Waals surface area (Å²) in [6.45, 7) is 4.19. The predicted molar refractivity (Wildman–Crippen MR) is 125 cm³/mol. The molecule has 31 heavy (non-hydrogen) atoms. The minimum absolute atomic E-state index is 0.665. The zero-order valence-corrected chi connectivity index (χ0v) is 17.7. The highest BCUT2D eigenvalue weighted by atomic mass is 15.2. The molecule has 6 heteroatoms. The van der Waals surface area contributed by atoms with Gasteiger partial charge in [0.05, 0.1) is 11.2 Å². The van der Waals surface area contributed by atoms with Crippen molar-refractivity contribution in [3.8, 4) is 6.07 Å². The van der Waals surface area contributed by atoms with Crippen molar-refractivity contribution < 1.29 is 0 Å². The highest BCUT2D eigenvalue weighted by Crippen LogP contribution is 2.38. The molecule has 6 nitrogen and oxygen atoms in total. The Morgan fingerprint density at radius 3 is 2.32 bits per heavy atom. The molecule has 0 N–H and O–H groups in total. The fraction of sp³-hybridized carbons (Fsp3) is 0.400. The molecule has 0 aliphatic carbocycles. The van der Waals surface area contributed by atoms with Crippen LogP contribution in [0, 0.1) is 11.3 Å². The predicted octanol–water partition coefficient (Wildman–Crippen LogP) is 4.89. The average Bonchev–Trinajstić information content (AvgIpc) is 3.23. The zero-order valence-electron chi connectivity index (χ0n) is 17.7. The quantitative estimate of drug-likeness (QED) is 0.471. The van der Waals surface area contributed by atoms with Gasteiger partial charge in [-0.2, -0.15) is 5.26 Å². The minimum Gasteiger partial charge on any atom is -0.371 e. The van der Waals surface area contributed by atoms with Crippen LogP contribution in [-0.4, -0.2) is 40.5 Å². The molecule has 0 unspecified atom stereocenters. The number of nitriles is 1. The van der Waals surface area contributed by atoms with Crippen LogP contribution in [0.3, 0.4) is 0 Å². The van der Waals surface area contributed by atoms with E-state index in [-0.39, 0.29) is 0 Å². The van der Waals surface area contributed by atoms with Gasteiger partial charge >= 0.3 is 0 Å². The van der Waals surface area contributed by atoms with Gasteiger partial charge < -0.3 is 9.80 Å². The molecule has 0 atom stereocenters. The first-order valence-corrected chi connectivity index (χ1v) is 11.5. The summed E-state index contributed by atoms with van der Waals surface area (Å²) < 4.78 is 2.10. The van der Waals surface area contributed by atoms with Gasteiger partial charge in [0.1, 0.15) is 17.1 Å². The van der Waals surface area contributed by atoms with Gasteiger partial charge in [-0.05, 0) is 68.9 Å². The molecule has 1 aromatic carbocycles. The smallest absolute Gasteiger partial charge is 0.164 e. The highest BCUT2D eigenvalue weighted by Gasteiger charge is 2.24. The molecule has 156 valence electrons. The summed E-state index contributed by atoms with van der Waals surface area (Å²) in [6.07, 6.45) is 9.21. The summed E-state index contributed by atoms with van der Waals surface area (Å²) in [4.78, 5) is 14.4. The summed E-state index contributed by atoms with van der Waals surface area (Å²) in [7, 11) is 0. The average molecular weight is 411 g/mol. The Hall–Kier alpha value is -3.33. The number of hydrogen-bond donors (Lipinski definition) is 0. The molecule has 6 rings (SSSR count). The van der Waals surface area contributed by atoms with E-state index in [1.54, 1.807) is 6.20 Å². The zero-order chi connectivity index (χ0) is 20.8. The second-order valence-corrected chi connectivity index (χ2v) is 8.75. The Balaban J connectivity index is 1.70. The van der Waals surface area contributed by atoms with Crippen molar-refractivity contribution in [3.05, 3.63) is 42.1 Å². The molecule has 0 bridgehead atoms. The van der Waals surface area contributed by atoms with Crippen LogP contribution in [0.2, 0.25) is 0 Å². The third-order valence-corrected chi connectivity index (χ3v) is 6.86. The number of benzene rings is 1. The molecule has 0 saturated carbocycles. The number of hydrogen-bond acceptors (Lipinski definition) is 5. The number of imidazole rings is 1. The lowest BCUT2D eigenvalue weighted by Crippen LogP contribution is -2.31. The summed E-state index contributed by atoms with van der Waals surface area (Å²) in [5.74, 6) is 0. The fourth-order valence-electron chi connectivity index (χ4n) is 5.35. The third-order valence-electron chi connectivity index (χ3n) is 6.86. The van der Waals surface area contributed by atoms with Gasteiger partial charge in [0, 0.05) is 43.4 Å². The van der Waals surface area contributed by atoms with Crippen molar-refractivity contribution in [1.29, 1.82) is 5.26 Å². The number of pyridine rings is 2. The summed E-state index contributed by atoms with van der Waals surface area (Å²) in [6, 6.07) is 13.1. The van der Waals surface area contributed by atoms with Gasteiger partial charge in [-0.15, -0.1) is 0 Å². The van der Waals surface area contributed by atoms with Gasteiger partial charge in [0.25, 0.3) is 0 Å². The van der Waals surface area contributed by atoms with E-state index in [4.69, 9.17) is 4.98 Å². The fourth-order valence-corrected chi connectivity index (χ4v) is 5.35. The number of nitrogens with zero attached hydrogens (tertiary/aromatic N) is 6. The molecule has 3 aromatic heterocycles. The number of fused-ring (bicyclic) bond motifs is 5. The van der Waals surface area contributed by atoms with E-state index in [9.17, 15) is 5.26 Å². The molecule has 0 radical (unpaired) electrons. The number of rotatable bonds is 2.